The van der Waals surface area contributed by atoms with Crippen molar-refractivity contribution in [1.29, 1.82) is 0 Å². The quantitative estimate of drug-likeness (QED) is 0.264. The van der Waals surface area contributed by atoms with Crippen molar-refractivity contribution in [2.24, 2.45) is 5.92 Å². The van der Waals surface area contributed by atoms with Crippen molar-refractivity contribution in [3.05, 3.63) is 19.6 Å². The summed E-state index contributed by atoms with van der Waals surface area (Å²) in [5, 5.41) is 0. The summed E-state index contributed by atoms with van der Waals surface area (Å²) < 4.78 is 87.1. The van der Waals surface area contributed by atoms with E-state index in [1.54, 1.807) is 0 Å². The summed E-state index contributed by atoms with van der Waals surface area (Å²) in [6, 6.07) is 0. The van der Waals surface area contributed by atoms with E-state index in [9.17, 15) is 30.7 Å². The van der Waals surface area contributed by atoms with Crippen LogP contribution in [-0.4, -0.2) is 18.0 Å². The SMILES string of the molecule is C=CCCC(C[CH2-])CC(F)(C(F)(F)F)C(F)(F)F.[U]. The first-order valence-corrected chi connectivity index (χ1v) is 5.22. The minimum atomic E-state index is -5.98. The van der Waals surface area contributed by atoms with Crippen LogP contribution in [-0.2, 0) is 0 Å². The first-order valence-electron chi connectivity index (χ1n) is 5.22. The number of allylic oxidation sites excluding steroid dienone is 1. The van der Waals surface area contributed by atoms with Crippen LogP contribution in [0.2, 0.25) is 0 Å². The molecule has 0 aliphatic rings. The first-order chi connectivity index (χ1) is 7.99. The van der Waals surface area contributed by atoms with E-state index < -0.39 is 30.4 Å². The van der Waals surface area contributed by atoms with Crippen LogP contribution in [0, 0.1) is 44.0 Å². The van der Waals surface area contributed by atoms with Gasteiger partial charge in [0.1, 0.15) is 0 Å². The topological polar surface area (TPSA) is 0 Å². The molecular weight excluding hydrogens is 503 g/mol. The Kier molecular flexibility index (Phi) is 9.00. The summed E-state index contributed by atoms with van der Waals surface area (Å²) >= 11 is 0. The van der Waals surface area contributed by atoms with Crippen molar-refractivity contribution >= 4 is 0 Å². The van der Waals surface area contributed by atoms with Crippen LogP contribution in [0.15, 0.2) is 12.7 Å². The van der Waals surface area contributed by atoms with E-state index in [-0.39, 0.29) is 50.4 Å². The minimum absolute atomic E-state index is 0. The fourth-order valence-electron chi connectivity index (χ4n) is 1.49. The zero-order valence-corrected chi connectivity index (χ0v) is 14.2. The summed E-state index contributed by atoms with van der Waals surface area (Å²) in [6.45, 7) is 6.55. The van der Waals surface area contributed by atoms with Crippen molar-refractivity contribution in [3.63, 3.8) is 0 Å². The molecule has 0 aliphatic heterocycles. The molecule has 0 aromatic carbocycles. The molecular formula is C11H14F7U-. The molecule has 0 N–H and O–H groups in total. The van der Waals surface area contributed by atoms with E-state index in [4.69, 9.17) is 0 Å². The Morgan fingerprint density at radius 2 is 1.42 bits per heavy atom. The smallest absolute Gasteiger partial charge is 0.343 e. The Bertz CT molecular complexity index is 255. The summed E-state index contributed by atoms with van der Waals surface area (Å²) in [5.74, 6) is -1.10. The van der Waals surface area contributed by atoms with Gasteiger partial charge in [0, 0.05) is 37.5 Å². The predicted octanol–water partition coefficient (Wildman–Crippen LogP) is 5.02. The predicted molar refractivity (Wildman–Crippen MR) is 53.5 cm³/mol. The first kappa shape index (κ1) is 21.6. The molecule has 0 aromatic rings. The van der Waals surface area contributed by atoms with Gasteiger partial charge < -0.3 is 6.92 Å². The van der Waals surface area contributed by atoms with E-state index >= 15 is 0 Å². The van der Waals surface area contributed by atoms with Gasteiger partial charge in [-0.3, -0.25) is 0 Å². The Hall–Kier alpha value is 0.302. The van der Waals surface area contributed by atoms with Crippen LogP contribution in [0.1, 0.15) is 25.7 Å². The average Bonchev–Trinajstić information content (AvgIpc) is 2.20. The van der Waals surface area contributed by atoms with Gasteiger partial charge in [0.2, 0.25) is 0 Å². The molecule has 112 valence electrons. The van der Waals surface area contributed by atoms with Crippen molar-refractivity contribution in [3.8, 4) is 0 Å². The van der Waals surface area contributed by atoms with Crippen LogP contribution < -0.4 is 0 Å². The van der Waals surface area contributed by atoms with Crippen LogP contribution in [0.4, 0.5) is 30.7 Å². The second-order valence-electron chi connectivity index (χ2n) is 4.02. The molecule has 0 fully saturated rings. The average molecular weight is 517 g/mol. The Labute approximate surface area is 131 Å². The molecule has 0 spiro atoms. The third kappa shape index (κ3) is 5.66. The summed E-state index contributed by atoms with van der Waals surface area (Å²) in [4.78, 5) is 0. The number of hydrogen-bond acceptors (Lipinski definition) is 0. The van der Waals surface area contributed by atoms with Gasteiger partial charge in [0.05, 0.1) is 0 Å². The standard InChI is InChI=1S/C11H14F7.U/c1-3-5-6-8(4-2)7-9(12,10(13,14)15)11(16,17)18;/h3,8H,1-2,4-7H2;/q-1;. The van der Waals surface area contributed by atoms with E-state index in [0.717, 1.165) is 0 Å². The van der Waals surface area contributed by atoms with Crippen LogP contribution >= 0.6 is 0 Å². The van der Waals surface area contributed by atoms with Gasteiger partial charge in [-0.05, 0) is 12.8 Å². The molecule has 0 saturated heterocycles. The van der Waals surface area contributed by atoms with Gasteiger partial charge >= 0.3 is 12.4 Å². The number of alkyl halides is 7. The summed E-state index contributed by atoms with van der Waals surface area (Å²) in [5.41, 5.74) is -5.18. The van der Waals surface area contributed by atoms with Gasteiger partial charge in [0.15, 0.2) is 0 Å². The molecule has 0 nitrogen and oxygen atoms in total. The Balaban J connectivity index is 0. The molecule has 8 heteroatoms. The monoisotopic (exact) mass is 517 g/mol. The van der Waals surface area contributed by atoms with Crippen molar-refractivity contribution in [2.75, 3.05) is 0 Å². The third-order valence-corrected chi connectivity index (χ3v) is 2.66. The zero-order valence-electron chi connectivity index (χ0n) is 10.0. The fourth-order valence-corrected chi connectivity index (χ4v) is 1.49. The molecule has 0 amide bonds. The molecule has 0 aliphatic carbocycles. The zero-order chi connectivity index (χ0) is 14.6. The number of rotatable bonds is 6. The maximum absolute atomic E-state index is 13.4. The van der Waals surface area contributed by atoms with Crippen LogP contribution in [0.3, 0.4) is 0 Å². The maximum Gasteiger partial charge on any atom is 0.431 e. The van der Waals surface area contributed by atoms with Crippen molar-refractivity contribution < 1.29 is 61.8 Å². The largest absolute Gasteiger partial charge is 0.431 e. The normalized spacial score (nSPS) is 14.7. The Morgan fingerprint density at radius 1 is 1.00 bits per heavy atom. The van der Waals surface area contributed by atoms with Crippen molar-refractivity contribution in [2.45, 2.75) is 43.7 Å². The van der Waals surface area contributed by atoms with Gasteiger partial charge in [0.25, 0.3) is 5.67 Å². The van der Waals surface area contributed by atoms with E-state index in [1.807, 2.05) is 0 Å². The number of halogens is 7. The maximum atomic E-state index is 13.4. The second-order valence-corrected chi connectivity index (χ2v) is 4.02. The fraction of sp³-hybridized carbons (Fsp3) is 0.727. The summed E-state index contributed by atoms with van der Waals surface area (Å²) in [6.07, 6.45) is -12.3. The van der Waals surface area contributed by atoms with E-state index in [2.05, 4.69) is 13.5 Å². The molecule has 1 atom stereocenters. The molecule has 0 aromatic heterocycles. The molecule has 0 rings (SSSR count). The minimum Gasteiger partial charge on any atom is -0.343 e. The van der Waals surface area contributed by atoms with Gasteiger partial charge in [-0.15, -0.1) is 6.58 Å². The van der Waals surface area contributed by atoms with Gasteiger partial charge in [-0.2, -0.15) is 32.8 Å². The van der Waals surface area contributed by atoms with Gasteiger partial charge in [-0.25, -0.2) is 4.39 Å². The second kappa shape index (κ2) is 7.92. The number of hydrogen-bond donors (Lipinski definition) is 0. The summed E-state index contributed by atoms with van der Waals surface area (Å²) in [7, 11) is 0. The molecule has 19 heavy (non-hydrogen) atoms. The van der Waals surface area contributed by atoms with Crippen LogP contribution in [0.25, 0.3) is 0 Å². The molecule has 0 radical (unpaired) electrons. The van der Waals surface area contributed by atoms with E-state index in [1.165, 1.54) is 6.08 Å². The van der Waals surface area contributed by atoms with E-state index in [0.29, 0.717) is 0 Å². The Morgan fingerprint density at radius 3 is 1.68 bits per heavy atom. The molecule has 0 saturated carbocycles. The van der Waals surface area contributed by atoms with Gasteiger partial charge in [-0.1, -0.05) is 12.0 Å². The molecule has 1 unspecified atom stereocenters. The van der Waals surface area contributed by atoms with Crippen molar-refractivity contribution in [1.82, 2.24) is 0 Å². The molecule has 0 heterocycles. The third-order valence-electron chi connectivity index (χ3n) is 2.66. The molecule has 0 bridgehead atoms. The van der Waals surface area contributed by atoms with Crippen LogP contribution in [0.5, 0.6) is 0 Å².